The van der Waals surface area contributed by atoms with Crippen molar-refractivity contribution in [2.45, 2.75) is 45.8 Å². The highest BCUT2D eigenvalue weighted by molar-refractivity contribution is 7.81. The molecule has 1 nitrogen and oxygen atoms in total. The summed E-state index contributed by atoms with van der Waals surface area (Å²) in [5.41, 5.74) is 6.35. The molecule has 0 amide bonds. The fraction of sp³-hybridized carbons (Fsp3) is 0.318. The molecule has 0 saturated carbocycles. The quantitative estimate of drug-likeness (QED) is 0.451. The minimum Gasteiger partial charge on any atom is -0.295 e. The average Bonchev–Trinajstić information content (AvgIpc) is 2.51. The van der Waals surface area contributed by atoms with Gasteiger partial charge in [0.1, 0.15) is 0 Å². The van der Waals surface area contributed by atoms with Crippen LogP contribution in [0.15, 0.2) is 42.5 Å². The Bertz CT molecular complexity index is 814. The Morgan fingerprint density at radius 3 is 2.40 bits per heavy atom. The maximum atomic E-state index is 11.7. The molecule has 0 aliphatic heterocycles. The molecule has 2 rings (SSSR count). The lowest BCUT2D eigenvalue weighted by Crippen LogP contribution is -2.15. The summed E-state index contributed by atoms with van der Waals surface area (Å²) in [6.07, 6.45) is 2.89. The minimum atomic E-state index is -0.343. The van der Waals surface area contributed by atoms with Crippen molar-refractivity contribution in [2.24, 2.45) is 0 Å². The van der Waals surface area contributed by atoms with Crippen LogP contribution in [0.4, 0.5) is 0 Å². The molecule has 132 valence electrons. The summed E-state index contributed by atoms with van der Waals surface area (Å²) in [6, 6.07) is 12.1. The molecule has 2 aromatic rings. The number of carbonyl (C=O) groups excluding carboxylic acids is 1. The van der Waals surface area contributed by atoms with Crippen LogP contribution in [0.25, 0.3) is 5.57 Å². The van der Waals surface area contributed by atoms with Gasteiger partial charge in [0.05, 0.1) is 0 Å². The van der Waals surface area contributed by atoms with Crippen LogP contribution in [0, 0.1) is 13.8 Å². The molecule has 0 N–H and O–H groups in total. The third-order valence-corrected chi connectivity index (χ3v) is 5.16. The van der Waals surface area contributed by atoms with Gasteiger partial charge in [0.2, 0.25) is 0 Å². The van der Waals surface area contributed by atoms with E-state index >= 15 is 0 Å². The van der Waals surface area contributed by atoms with Crippen molar-refractivity contribution < 1.29 is 4.79 Å². The first kappa shape index (κ1) is 19.8. The third-order valence-electron chi connectivity index (χ3n) is 4.52. The predicted molar refractivity (Wildman–Crippen MR) is 112 cm³/mol. The number of halogens is 1. The van der Waals surface area contributed by atoms with Gasteiger partial charge in [-0.1, -0.05) is 41.9 Å². The number of Topliss-reactive ketones (excluding diaryl/α,β-unsaturated/α-hetero) is 1. The first-order valence-corrected chi connectivity index (χ1v) is 9.24. The maximum Gasteiger partial charge on any atom is 0.160 e. The molecule has 0 fully saturated rings. The SMILES string of the molecule is CC=C(CC(C)(S)c1cc(C)cc(Cl)c1)c1ccc(C(C)=O)c(C)c1. The number of hydrogen-bond donors (Lipinski definition) is 1. The number of benzene rings is 2. The van der Waals surface area contributed by atoms with Crippen LogP contribution in [0.2, 0.25) is 5.02 Å². The van der Waals surface area contributed by atoms with E-state index in [4.69, 9.17) is 24.2 Å². The Kier molecular flexibility index (Phi) is 6.18. The predicted octanol–water partition coefficient (Wildman–Crippen LogP) is 6.80. The smallest absolute Gasteiger partial charge is 0.160 e. The van der Waals surface area contributed by atoms with Crippen molar-refractivity contribution in [3.8, 4) is 0 Å². The van der Waals surface area contributed by atoms with Crippen molar-refractivity contribution in [2.75, 3.05) is 0 Å². The molecule has 0 aliphatic carbocycles. The Morgan fingerprint density at radius 1 is 1.20 bits per heavy atom. The monoisotopic (exact) mass is 372 g/mol. The van der Waals surface area contributed by atoms with Crippen LogP contribution in [-0.2, 0) is 4.75 Å². The number of aryl methyl sites for hydroxylation is 2. The van der Waals surface area contributed by atoms with Crippen molar-refractivity contribution >= 4 is 35.6 Å². The molecule has 3 heteroatoms. The first-order chi connectivity index (χ1) is 11.6. The molecular weight excluding hydrogens is 348 g/mol. The van der Waals surface area contributed by atoms with E-state index in [0.29, 0.717) is 0 Å². The highest BCUT2D eigenvalue weighted by atomic mass is 35.5. The number of allylic oxidation sites excluding steroid dienone is 2. The number of hydrogen-bond acceptors (Lipinski definition) is 2. The molecule has 0 aromatic heterocycles. The molecule has 0 aliphatic rings. The van der Waals surface area contributed by atoms with Gasteiger partial charge in [-0.25, -0.2) is 0 Å². The average molecular weight is 373 g/mol. The van der Waals surface area contributed by atoms with Gasteiger partial charge >= 0.3 is 0 Å². The Labute approximate surface area is 161 Å². The Morgan fingerprint density at radius 2 is 1.88 bits per heavy atom. The van der Waals surface area contributed by atoms with Crippen LogP contribution < -0.4 is 0 Å². The Balaban J connectivity index is 2.36. The van der Waals surface area contributed by atoms with E-state index in [9.17, 15) is 4.79 Å². The summed E-state index contributed by atoms with van der Waals surface area (Å²) in [5.74, 6) is 0.0968. The van der Waals surface area contributed by atoms with Crippen LogP contribution in [0.1, 0.15) is 59.8 Å². The molecule has 25 heavy (non-hydrogen) atoms. The topological polar surface area (TPSA) is 17.1 Å². The number of ketones is 1. The van der Waals surface area contributed by atoms with E-state index in [0.717, 1.165) is 39.3 Å². The number of rotatable bonds is 5. The lowest BCUT2D eigenvalue weighted by Gasteiger charge is -2.27. The summed E-state index contributed by atoms with van der Waals surface area (Å²) in [5, 5.41) is 0.735. The van der Waals surface area contributed by atoms with Gasteiger partial charge in [-0.3, -0.25) is 4.79 Å². The van der Waals surface area contributed by atoms with Crippen molar-refractivity contribution in [1.29, 1.82) is 0 Å². The van der Waals surface area contributed by atoms with Gasteiger partial charge in [-0.15, -0.1) is 0 Å². The molecule has 0 radical (unpaired) electrons. The molecule has 0 bridgehead atoms. The summed E-state index contributed by atoms with van der Waals surface area (Å²) < 4.78 is -0.343. The van der Waals surface area contributed by atoms with Crippen LogP contribution >= 0.6 is 24.2 Å². The van der Waals surface area contributed by atoms with E-state index in [-0.39, 0.29) is 10.5 Å². The number of thiol groups is 1. The second kappa shape index (κ2) is 7.80. The standard InChI is InChI=1S/C22H25ClOS/c1-6-17(18-7-8-21(16(4)24)15(3)11-18)13-22(5,25)19-9-14(2)10-20(23)12-19/h6-12,25H,13H2,1-5H3. The zero-order chi connectivity index (χ0) is 18.8. The van der Waals surface area contributed by atoms with Gasteiger partial charge in [-0.05, 0) is 81.0 Å². The van der Waals surface area contributed by atoms with Gasteiger partial charge in [0, 0.05) is 15.3 Å². The highest BCUT2D eigenvalue weighted by Gasteiger charge is 2.24. The van der Waals surface area contributed by atoms with E-state index in [1.165, 1.54) is 5.57 Å². The molecule has 1 unspecified atom stereocenters. The zero-order valence-corrected chi connectivity index (χ0v) is 17.1. The molecular formula is C22H25ClOS. The van der Waals surface area contributed by atoms with E-state index in [1.807, 2.05) is 45.0 Å². The fourth-order valence-corrected chi connectivity index (χ4v) is 3.74. The lowest BCUT2D eigenvalue weighted by molar-refractivity contribution is 0.101. The van der Waals surface area contributed by atoms with E-state index < -0.39 is 0 Å². The summed E-state index contributed by atoms with van der Waals surface area (Å²) in [6.45, 7) is 9.77. The second-order valence-corrected chi connectivity index (χ2v) is 8.29. The molecule has 0 heterocycles. The van der Waals surface area contributed by atoms with Gasteiger partial charge < -0.3 is 0 Å². The Hall–Kier alpha value is -1.51. The van der Waals surface area contributed by atoms with Crippen molar-refractivity contribution in [3.05, 3.63) is 75.3 Å². The van der Waals surface area contributed by atoms with Gasteiger partial charge in [0.15, 0.2) is 5.78 Å². The molecule has 2 aromatic carbocycles. The highest BCUT2D eigenvalue weighted by Crippen LogP contribution is 2.39. The molecule has 1 atom stereocenters. The van der Waals surface area contributed by atoms with E-state index in [2.05, 4.69) is 25.1 Å². The second-order valence-electron chi connectivity index (χ2n) is 6.87. The molecule has 0 saturated heterocycles. The largest absolute Gasteiger partial charge is 0.295 e. The van der Waals surface area contributed by atoms with Crippen molar-refractivity contribution in [3.63, 3.8) is 0 Å². The number of carbonyl (C=O) groups is 1. The van der Waals surface area contributed by atoms with E-state index in [1.54, 1.807) is 6.92 Å². The molecule has 0 spiro atoms. The van der Waals surface area contributed by atoms with Crippen LogP contribution in [-0.4, -0.2) is 5.78 Å². The minimum absolute atomic E-state index is 0.0968. The van der Waals surface area contributed by atoms with Crippen LogP contribution in [0.5, 0.6) is 0 Å². The van der Waals surface area contributed by atoms with Gasteiger partial charge in [-0.2, -0.15) is 12.6 Å². The zero-order valence-electron chi connectivity index (χ0n) is 15.5. The normalized spacial score (nSPS) is 14.3. The summed E-state index contributed by atoms with van der Waals surface area (Å²) in [4.78, 5) is 11.7. The summed E-state index contributed by atoms with van der Waals surface area (Å²) in [7, 11) is 0. The maximum absolute atomic E-state index is 11.7. The first-order valence-electron chi connectivity index (χ1n) is 8.41. The third kappa shape index (κ3) is 4.77. The summed E-state index contributed by atoms with van der Waals surface area (Å²) >= 11 is 11.2. The fourth-order valence-electron chi connectivity index (χ4n) is 3.15. The van der Waals surface area contributed by atoms with Gasteiger partial charge in [0.25, 0.3) is 0 Å². The van der Waals surface area contributed by atoms with Crippen molar-refractivity contribution in [1.82, 2.24) is 0 Å². The lowest BCUT2D eigenvalue weighted by atomic mass is 9.87. The van der Waals surface area contributed by atoms with Crippen LogP contribution in [0.3, 0.4) is 0 Å².